The molecule has 3 aromatic rings. The summed E-state index contributed by atoms with van der Waals surface area (Å²) in [6.07, 6.45) is -2.44. The zero-order valence-electron chi connectivity index (χ0n) is 19.7. The fourth-order valence-electron chi connectivity index (χ4n) is 4.26. The van der Waals surface area contributed by atoms with Crippen molar-refractivity contribution in [1.29, 1.82) is 0 Å². The van der Waals surface area contributed by atoms with E-state index in [1.165, 1.54) is 30.3 Å². The fraction of sp³-hybridized carbons (Fsp3) is 0.308. The minimum Gasteiger partial charge on any atom is -0.406 e. The molecule has 1 saturated heterocycles. The highest BCUT2D eigenvalue weighted by Gasteiger charge is 2.31. The van der Waals surface area contributed by atoms with Gasteiger partial charge in [0.2, 0.25) is 0 Å². The van der Waals surface area contributed by atoms with Crippen molar-refractivity contribution in [3.8, 4) is 5.75 Å². The van der Waals surface area contributed by atoms with Crippen LogP contribution in [-0.2, 0) is 0 Å². The third kappa shape index (κ3) is 6.29. The van der Waals surface area contributed by atoms with Gasteiger partial charge in [-0.3, -0.25) is 4.79 Å². The summed E-state index contributed by atoms with van der Waals surface area (Å²) in [5, 5.41) is 0. The number of aryl methyl sites for hydroxylation is 1. The van der Waals surface area contributed by atoms with Gasteiger partial charge in [-0.15, -0.1) is 13.2 Å². The van der Waals surface area contributed by atoms with Crippen LogP contribution in [0.3, 0.4) is 0 Å². The maximum absolute atomic E-state index is 14.8. The summed E-state index contributed by atoms with van der Waals surface area (Å²) in [6.45, 7) is 4.67. The molecule has 0 saturated carbocycles. The van der Waals surface area contributed by atoms with E-state index in [9.17, 15) is 22.4 Å². The molecular weight excluding hydrogens is 494 g/mol. The Labute approximate surface area is 211 Å². The number of aromatic nitrogens is 1. The molecular formula is C26H25F4N3O2S. The molecule has 0 aliphatic carbocycles. The van der Waals surface area contributed by atoms with E-state index < -0.39 is 6.36 Å². The predicted octanol–water partition coefficient (Wildman–Crippen LogP) is 6.88. The lowest BCUT2D eigenvalue weighted by Crippen LogP contribution is -2.38. The van der Waals surface area contributed by atoms with Crippen LogP contribution in [0.4, 0.5) is 23.4 Å². The summed E-state index contributed by atoms with van der Waals surface area (Å²) in [7, 11) is 0. The fourth-order valence-corrected chi connectivity index (χ4v) is 4.96. The van der Waals surface area contributed by atoms with Gasteiger partial charge in [0.05, 0.1) is 6.20 Å². The van der Waals surface area contributed by atoms with Crippen LogP contribution in [0.5, 0.6) is 5.75 Å². The number of pyridine rings is 1. The van der Waals surface area contributed by atoms with E-state index >= 15 is 0 Å². The van der Waals surface area contributed by atoms with E-state index in [1.807, 2.05) is 38.1 Å². The Bertz CT molecular complexity index is 1210. The van der Waals surface area contributed by atoms with Gasteiger partial charge >= 0.3 is 6.36 Å². The Kier molecular flexibility index (Phi) is 7.73. The first-order valence-electron chi connectivity index (χ1n) is 11.4. The van der Waals surface area contributed by atoms with Gasteiger partial charge in [0.1, 0.15) is 17.4 Å². The molecule has 2 aromatic carbocycles. The van der Waals surface area contributed by atoms with Gasteiger partial charge in [0.15, 0.2) is 0 Å². The maximum Gasteiger partial charge on any atom is 0.573 e. The Balaban J connectivity index is 1.39. The van der Waals surface area contributed by atoms with E-state index in [-0.39, 0.29) is 29.0 Å². The molecule has 0 radical (unpaired) electrons. The van der Waals surface area contributed by atoms with Crippen molar-refractivity contribution >= 4 is 23.7 Å². The number of hydrogen-bond acceptors (Lipinski definition) is 5. The van der Waals surface area contributed by atoms with Crippen LogP contribution in [0.15, 0.2) is 59.6 Å². The molecule has 10 heteroatoms. The summed E-state index contributed by atoms with van der Waals surface area (Å²) < 4.78 is 58.9. The van der Waals surface area contributed by atoms with Crippen molar-refractivity contribution in [1.82, 2.24) is 9.88 Å². The van der Waals surface area contributed by atoms with Crippen LogP contribution in [0, 0.1) is 19.7 Å². The van der Waals surface area contributed by atoms with Crippen molar-refractivity contribution in [2.75, 3.05) is 17.8 Å². The zero-order chi connectivity index (χ0) is 25.9. The first-order chi connectivity index (χ1) is 17.1. The SMILES string of the molecule is Cc1ccc(SNc2ncc(F)c(C3CCN(C(=O)c4ccc(OC(F)(F)F)cc4)CC3)c2C)cc1. The third-order valence-corrected chi connectivity index (χ3v) is 6.94. The second kappa shape index (κ2) is 10.8. The number of carbonyl (C=O) groups is 1. The number of amides is 1. The molecule has 1 amide bonds. The molecule has 190 valence electrons. The minimum atomic E-state index is -4.79. The number of nitrogens with zero attached hydrogens (tertiary/aromatic N) is 2. The lowest BCUT2D eigenvalue weighted by molar-refractivity contribution is -0.274. The van der Waals surface area contributed by atoms with Crippen LogP contribution < -0.4 is 9.46 Å². The Morgan fingerprint density at radius 1 is 1.06 bits per heavy atom. The number of halogens is 4. The molecule has 2 heterocycles. The number of piperidine rings is 1. The average molecular weight is 520 g/mol. The molecule has 1 N–H and O–H groups in total. The van der Waals surface area contributed by atoms with Gasteiger partial charge in [-0.1, -0.05) is 17.7 Å². The molecule has 4 rings (SSSR count). The topological polar surface area (TPSA) is 54.5 Å². The number of likely N-dealkylation sites (tertiary alicyclic amines) is 1. The number of alkyl halides is 3. The van der Waals surface area contributed by atoms with E-state index in [0.29, 0.717) is 37.3 Å². The lowest BCUT2D eigenvalue weighted by Gasteiger charge is -2.33. The average Bonchev–Trinajstić information content (AvgIpc) is 2.84. The van der Waals surface area contributed by atoms with Gasteiger partial charge in [-0.25, -0.2) is 9.37 Å². The van der Waals surface area contributed by atoms with E-state index in [2.05, 4.69) is 14.4 Å². The molecule has 0 bridgehead atoms. The molecule has 0 unspecified atom stereocenters. The Morgan fingerprint density at radius 3 is 2.31 bits per heavy atom. The number of anilines is 1. The minimum absolute atomic E-state index is 0.0791. The molecule has 1 aliphatic heterocycles. The van der Waals surface area contributed by atoms with E-state index in [1.54, 1.807) is 4.90 Å². The highest BCUT2D eigenvalue weighted by molar-refractivity contribution is 8.00. The standard InChI is InChI=1S/C26H25F4N3O2S/c1-16-3-9-21(10-4-16)36-32-24-17(2)23(22(27)15-31-24)18-11-13-33(14-12-18)25(34)19-5-7-20(8-6-19)35-26(28,29)30/h3-10,15,18H,11-14H2,1-2H3,(H,31,32). The summed E-state index contributed by atoms with van der Waals surface area (Å²) in [5.74, 6) is -0.522. The van der Waals surface area contributed by atoms with Gasteiger partial charge in [0, 0.05) is 23.5 Å². The predicted molar refractivity (Wildman–Crippen MR) is 131 cm³/mol. The number of benzene rings is 2. The van der Waals surface area contributed by atoms with Gasteiger partial charge < -0.3 is 14.4 Å². The Hall–Kier alpha value is -3.27. The lowest BCUT2D eigenvalue weighted by atomic mass is 9.86. The van der Waals surface area contributed by atoms with Crippen LogP contribution >= 0.6 is 11.9 Å². The first kappa shape index (κ1) is 25.8. The molecule has 5 nitrogen and oxygen atoms in total. The molecule has 36 heavy (non-hydrogen) atoms. The van der Waals surface area contributed by atoms with Crippen LogP contribution in [-0.4, -0.2) is 35.2 Å². The summed E-state index contributed by atoms with van der Waals surface area (Å²) in [4.78, 5) is 19.7. The quantitative estimate of drug-likeness (QED) is 0.284. The van der Waals surface area contributed by atoms with Crippen molar-refractivity contribution < 1.29 is 27.1 Å². The monoisotopic (exact) mass is 519 g/mol. The summed E-state index contributed by atoms with van der Waals surface area (Å²) in [5.41, 5.74) is 2.77. The molecule has 1 fully saturated rings. The number of carbonyl (C=O) groups excluding carboxylic acids is 1. The highest BCUT2D eigenvalue weighted by atomic mass is 32.2. The normalized spacial score (nSPS) is 14.6. The van der Waals surface area contributed by atoms with Crippen LogP contribution in [0.25, 0.3) is 0 Å². The zero-order valence-corrected chi connectivity index (χ0v) is 20.5. The molecule has 1 aromatic heterocycles. The van der Waals surface area contributed by atoms with E-state index in [0.717, 1.165) is 28.2 Å². The molecule has 0 atom stereocenters. The van der Waals surface area contributed by atoms with E-state index in [4.69, 9.17) is 0 Å². The van der Waals surface area contributed by atoms with Crippen molar-refractivity contribution in [3.05, 3.63) is 82.8 Å². The number of ether oxygens (including phenoxy) is 1. The molecule has 1 aliphatic rings. The summed E-state index contributed by atoms with van der Waals surface area (Å²) in [6, 6.07) is 12.9. The van der Waals surface area contributed by atoms with Crippen LogP contribution in [0.1, 0.15) is 45.8 Å². The number of hydrogen-bond donors (Lipinski definition) is 1. The van der Waals surface area contributed by atoms with Gasteiger partial charge in [0.25, 0.3) is 5.91 Å². The van der Waals surface area contributed by atoms with Gasteiger partial charge in [-0.2, -0.15) is 0 Å². The molecule has 0 spiro atoms. The third-order valence-electron chi connectivity index (χ3n) is 6.14. The van der Waals surface area contributed by atoms with Crippen molar-refractivity contribution in [2.45, 2.75) is 43.9 Å². The van der Waals surface area contributed by atoms with Gasteiger partial charge in [-0.05, 0) is 92.1 Å². The Morgan fingerprint density at radius 2 is 1.69 bits per heavy atom. The number of nitrogens with one attached hydrogen (secondary N) is 1. The second-order valence-electron chi connectivity index (χ2n) is 8.65. The van der Waals surface area contributed by atoms with Crippen LogP contribution in [0.2, 0.25) is 0 Å². The highest BCUT2D eigenvalue weighted by Crippen LogP contribution is 2.35. The smallest absolute Gasteiger partial charge is 0.406 e. The number of rotatable bonds is 6. The largest absolute Gasteiger partial charge is 0.573 e. The summed E-state index contributed by atoms with van der Waals surface area (Å²) >= 11 is 1.40. The second-order valence-corrected chi connectivity index (χ2v) is 9.53. The first-order valence-corrected chi connectivity index (χ1v) is 12.2. The van der Waals surface area contributed by atoms with Crippen molar-refractivity contribution in [2.24, 2.45) is 0 Å². The maximum atomic E-state index is 14.8. The van der Waals surface area contributed by atoms with Crippen molar-refractivity contribution in [3.63, 3.8) is 0 Å².